The highest BCUT2D eigenvalue weighted by Crippen LogP contribution is 2.15. The summed E-state index contributed by atoms with van der Waals surface area (Å²) in [7, 11) is 0. The van der Waals surface area contributed by atoms with E-state index in [1.165, 1.54) is 36.7 Å². The lowest BCUT2D eigenvalue weighted by Crippen LogP contribution is -2.15. The maximum absolute atomic E-state index is 11.8. The number of hydrogen-bond donors (Lipinski definition) is 3. The van der Waals surface area contributed by atoms with Crippen molar-refractivity contribution in [2.75, 3.05) is 5.32 Å². The van der Waals surface area contributed by atoms with Crippen LogP contribution in [0.1, 0.15) is 20.8 Å². The fourth-order valence-electron chi connectivity index (χ4n) is 1.38. The van der Waals surface area contributed by atoms with Crippen LogP contribution in [0.25, 0.3) is 0 Å². The number of aromatic carboxylic acids is 1. The van der Waals surface area contributed by atoms with Gasteiger partial charge in [0.1, 0.15) is 11.6 Å². The van der Waals surface area contributed by atoms with Gasteiger partial charge in [-0.25, -0.2) is 14.8 Å². The van der Waals surface area contributed by atoms with Gasteiger partial charge in [-0.15, -0.1) is 0 Å². The molecule has 0 saturated heterocycles. The molecule has 0 aromatic carbocycles. The number of carbonyl (C=O) groups is 2. The standard InChI is InChI=1S/C12H9N3O4/c16-8-2-1-4-14-10(8)11(17)15-9-6-7(12(18)19)3-5-13-9/h1-6,16H,(H,18,19)(H,13,15,17). The van der Waals surface area contributed by atoms with Gasteiger partial charge in [0, 0.05) is 12.4 Å². The lowest BCUT2D eigenvalue weighted by atomic mass is 10.2. The van der Waals surface area contributed by atoms with E-state index in [0.717, 1.165) is 0 Å². The Kier molecular flexibility index (Phi) is 3.37. The predicted octanol–water partition coefficient (Wildman–Crippen LogP) is 1.13. The van der Waals surface area contributed by atoms with Crippen LogP contribution >= 0.6 is 0 Å². The molecule has 2 aromatic heterocycles. The van der Waals surface area contributed by atoms with Crippen molar-refractivity contribution in [2.45, 2.75) is 0 Å². The minimum Gasteiger partial charge on any atom is -0.505 e. The maximum Gasteiger partial charge on any atom is 0.335 e. The molecule has 0 radical (unpaired) electrons. The summed E-state index contributed by atoms with van der Waals surface area (Å²) in [6.07, 6.45) is 2.62. The second kappa shape index (κ2) is 5.13. The van der Waals surface area contributed by atoms with Crippen molar-refractivity contribution in [3.63, 3.8) is 0 Å². The number of amides is 1. The molecule has 0 spiro atoms. The van der Waals surface area contributed by atoms with Gasteiger partial charge in [-0.2, -0.15) is 0 Å². The summed E-state index contributed by atoms with van der Waals surface area (Å²) in [5.74, 6) is -2.00. The highest BCUT2D eigenvalue weighted by atomic mass is 16.4. The van der Waals surface area contributed by atoms with Gasteiger partial charge in [0.25, 0.3) is 5.91 Å². The zero-order valence-corrected chi connectivity index (χ0v) is 9.57. The Labute approximate surface area is 107 Å². The van der Waals surface area contributed by atoms with Gasteiger partial charge in [0.15, 0.2) is 5.69 Å². The Morgan fingerprint density at radius 1 is 1.16 bits per heavy atom. The van der Waals surface area contributed by atoms with Crippen LogP contribution in [0.2, 0.25) is 0 Å². The number of aromatic hydroxyl groups is 1. The SMILES string of the molecule is O=C(O)c1ccnc(NC(=O)c2ncccc2O)c1. The Morgan fingerprint density at radius 3 is 2.63 bits per heavy atom. The molecular weight excluding hydrogens is 250 g/mol. The largest absolute Gasteiger partial charge is 0.505 e. The Balaban J connectivity index is 2.22. The molecule has 2 heterocycles. The molecular formula is C12H9N3O4. The van der Waals surface area contributed by atoms with E-state index in [1.54, 1.807) is 0 Å². The number of nitrogens with one attached hydrogen (secondary N) is 1. The molecule has 2 rings (SSSR count). The number of rotatable bonds is 3. The number of anilines is 1. The van der Waals surface area contributed by atoms with Gasteiger partial charge in [-0.05, 0) is 24.3 Å². The number of hydrogen-bond acceptors (Lipinski definition) is 5. The number of carbonyl (C=O) groups excluding carboxylic acids is 1. The normalized spacial score (nSPS) is 9.89. The minimum atomic E-state index is -1.13. The first kappa shape index (κ1) is 12.5. The fraction of sp³-hybridized carbons (Fsp3) is 0. The molecule has 1 amide bonds. The number of nitrogens with zero attached hydrogens (tertiary/aromatic N) is 2. The fourth-order valence-corrected chi connectivity index (χ4v) is 1.38. The molecule has 0 unspecified atom stereocenters. The minimum absolute atomic E-state index is 0.00413. The van der Waals surface area contributed by atoms with E-state index in [9.17, 15) is 14.7 Å². The Bertz CT molecular complexity index is 642. The molecule has 7 nitrogen and oxygen atoms in total. The van der Waals surface area contributed by atoms with E-state index in [-0.39, 0.29) is 22.8 Å². The van der Waals surface area contributed by atoms with E-state index in [4.69, 9.17) is 5.11 Å². The molecule has 0 aliphatic rings. The summed E-state index contributed by atoms with van der Waals surface area (Å²) in [6.45, 7) is 0. The number of aromatic nitrogens is 2. The smallest absolute Gasteiger partial charge is 0.335 e. The van der Waals surface area contributed by atoms with Gasteiger partial charge >= 0.3 is 5.97 Å². The van der Waals surface area contributed by atoms with E-state index < -0.39 is 11.9 Å². The first-order valence-electron chi connectivity index (χ1n) is 5.22. The second-order valence-electron chi connectivity index (χ2n) is 3.56. The summed E-state index contributed by atoms with van der Waals surface area (Å²) in [5.41, 5.74) is -0.166. The van der Waals surface area contributed by atoms with Crippen LogP contribution in [0, 0.1) is 0 Å². The van der Waals surface area contributed by atoms with Gasteiger partial charge in [-0.1, -0.05) is 0 Å². The van der Waals surface area contributed by atoms with Crippen molar-refractivity contribution in [2.24, 2.45) is 0 Å². The Morgan fingerprint density at radius 2 is 1.95 bits per heavy atom. The second-order valence-corrected chi connectivity index (χ2v) is 3.56. The summed E-state index contributed by atoms with van der Waals surface area (Å²) < 4.78 is 0. The van der Waals surface area contributed by atoms with Crippen molar-refractivity contribution in [3.8, 4) is 5.75 Å². The third-order valence-electron chi connectivity index (χ3n) is 2.25. The molecule has 0 saturated carbocycles. The maximum atomic E-state index is 11.8. The van der Waals surface area contributed by atoms with Crippen molar-refractivity contribution in [1.29, 1.82) is 0 Å². The average molecular weight is 259 g/mol. The highest BCUT2D eigenvalue weighted by Gasteiger charge is 2.13. The van der Waals surface area contributed by atoms with Crippen molar-refractivity contribution in [1.82, 2.24) is 9.97 Å². The zero-order valence-electron chi connectivity index (χ0n) is 9.57. The zero-order chi connectivity index (χ0) is 13.8. The third kappa shape index (κ3) is 2.83. The summed E-state index contributed by atoms with van der Waals surface area (Å²) >= 11 is 0. The lowest BCUT2D eigenvalue weighted by Gasteiger charge is -2.05. The summed E-state index contributed by atoms with van der Waals surface area (Å²) in [6, 6.07) is 5.31. The van der Waals surface area contributed by atoms with Gasteiger partial charge in [-0.3, -0.25) is 4.79 Å². The van der Waals surface area contributed by atoms with Crippen molar-refractivity contribution < 1.29 is 19.8 Å². The molecule has 2 aromatic rings. The van der Waals surface area contributed by atoms with Crippen molar-refractivity contribution >= 4 is 17.7 Å². The van der Waals surface area contributed by atoms with Gasteiger partial charge in [0.05, 0.1) is 5.56 Å². The van der Waals surface area contributed by atoms with E-state index in [2.05, 4.69) is 15.3 Å². The molecule has 0 fully saturated rings. The molecule has 96 valence electrons. The quantitative estimate of drug-likeness (QED) is 0.761. The van der Waals surface area contributed by atoms with Crippen LogP contribution in [0.4, 0.5) is 5.82 Å². The molecule has 7 heteroatoms. The lowest BCUT2D eigenvalue weighted by molar-refractivity contribution is 0.0696. The van der Waals surface area contributed by atoms with E-state index >= 15 is 0 Å². The van der Waals surface area contributed by atoms with Crippen LogP contribution in [-0.4, -0.2) is 32.1 Å². The number of pyridine rings is 2. The summed E-state index contributed by atoms with van der Waals surface area (Å²) in [5, 5.41) is 20.6. The molecule has 0 aliphatic carbocycles. The van der Waals surface area contributed by atoms with Crippen LogP contribution in [0.5, 0.6) is 5.75 Å². The third-order valence-corrected chi connectivity index (χ3v) is 2.25. The van der Waals surface area contributed by atoms with E-state index in [1.807, 2.05) is 0 Å². The van der Waals surface area contributed by atoms with Crippen LogP contribution in [0.15, 0.2) is 36.7 Å². The predicted molar refractivity (Wildman–Crippen MR) is 65.1 cm³/mol. The van der Waals surface area contributed by atoms with Gasteiger partial charge < -0.3 is 15.5 Å². The summed E-state index contributed by atoms with van der Waals surface area (Å²) in [4.78, 5) is 30.1. The first-order valence-corrected chi connectivity index (χ1v) is 5.22. The van der Waals surface area contributed by atoms with E-state index in [0.29, 0.717) is 0 Å². The van der Waals surface area contributed by atoms with Gasteiger partial charge in [0.2, 0.25) is 0 Å². The first-order chi connectivity index (χ1) is 9.08. The van der Waals surface area contributed by atoms with Crippen LogP contribution in [0.3, 0.4) is 0 Å². The topological polar surface area (TPSA) is 112 Å². The molecule has 3 N–H and O–H groups in total. The molecule has 0 atom stereocenters. The average Bonchev–Trinajstić information content (AvgIpc) is 2.39. The number of carboxylic acids is 1. The molecule has 19 heavy (non-hydrogen) atoms. The van der Waals surface area contributed by atoms with Crippen molar-refractivity contribution in [3.05, 3.63) is 47.9 Å². The molecule has 0 bridgehead atoms. The Hall–Kier alpha value is -2.96. The van der Waals surface area contributed by atoms with Crippen LogP contribution < -0.4 is 5.32 Å². The number of carboxylic acid groups (broad SMARTS) is 1. The molecule has 0 aliphatic heterocycles. The highest BCUT2D eigenvalue weighted by molar-refractivity contribution is 6.04. The monoisotopic (exact) mass is 259 g/mol. The van der Waals surface area contributed by atoms with Crippen LogP contribution in [-0.2, 0) is 0 Å².